The fraction of sp³-hybridized carbons (Fsp3) is 0.227. The molecule has 1 amide bonds. The Balaban J connectivity index is 1.31. The molecule has 8 nitrogen and oxygen atoms in total. The van der Waals surface area contributed by atoms with Crippen molar-refractivity contribution in [3.8, 4) is 17.0 Å². The molecule has 1 aliphatic heterocycles. The van der Waals surface area contributed by atoms with E-state index in [-0.39, 0.29) is 12.0 Å². The molecule has 0 radical (unpaired) electrons. The van der Waals surface area contributed by atoms with Crippen LogP contribution in [0.3, 0.4) is 0 Å². The van der Waals surface area contributed by atoms with Gasteiger partial charge < -0.3 is 19.8 Å². The number of carbonyl (C=O) groups is 1. The van der Waals surface area contributed by atoms with Gasteiger partial charge >= 0.3 is 0 Å². The molecule has 0 saturated carbocycles. The van der Waals surface area contributed by atoms with Gasteiger partial charge in [-0.05, 0) is 31.2 Å². The van der Waals surface area contributed by atoms with Gasteiger partial charge in [0.05, 0.1) is 25.1 Å². The van der Waals surface area contributed by atoms with E-state index >= 15 is 0 Å². The summed E-state index contributed by atoms with van der Waals surface area (Å²) >= 11 is 0. The molecule has 0 bridgehead atoms. The minimum Gasteiger partial charge on any atom is -0.485 e. The highest BCUT2D eigenvalue weighted by atomic mass is 16.6. The summed E-state index contributed by atoms with van der Waals surface area (Å²) in [6, 6.07) is 13.4. The number of aryl methyl sites for hydroxylation is 1. The maximum absolute atomic E-state index is 12.7. The summed E-state index contributed by atoms with van der Waals surface area (Å²) in [4.78, 5) is 20.5. The average molecular weight is 403 g/mol. The number of amides is 1. The number of benzene rings is 1. The van der Waals surface area contributed by atoms with Gasteiger partial charge in [-0.2, -0.15) is 5.10 Å². The summed E-state index contributed by atoms with van der Waals surface area (Å²) in [7, 11) is 0. The molecule has 3 aromatic heterocycles. The highest BCUT2D eigenvalue weighted by Gasteiger charge is 2.21. The molecule has 152 valence electrons. The van der Waals surface area contributed by atoms with Crippen LogP contribution in [-0.2, 0) is 11.3 Å². The topological polar surface area (TPSA) is 105 Å². The molecule has 0 spiro atoms. The number of aromatic nitrogens is 4. The Morgan fingerprint density at radius 1 is 1.27 bits per heavy atom. The highest BCUT2D eigenvalue weighted by molar-refractivity contribution is 5.97. The summed E-state index contributed by atoms with van der Waals surface area (Å²) in [5, 5.41) is 10.8. The van der Waals surface area contributed by atoms with Crippen LogP contribution in [0.4, 0.5) is 0 Å². The molecule has 1 fully saturated rings. The first kappa shape index (κ1) is 18.4. The number of rotatable bonds is 6. The number of para-hydroxylation sites is 1. The van der Waals surface area contributed by atoms with Crippen molar-refractivity contribution in [2.75, 3.05) is 13.2 Å². The first-order valence-corrected chi connectivity index (χ1v) is 9.78. The maximum Gasteiger partial charge on any atom is 0.268 e. The second kappa shape index (κ2) is 7.64. The molecule has 4 heterocycles. The summed E-state index contributed by atoms with van der Waals surface area (Å²) in [5.74, 6) is 0.570. The van der Waals surface area contributed by atoms with Crippen molar-refractivity contribution >= 4 is 16.9 Å². The number of nitrogens with zero attached hydrogens (tertiary/aromatic N) is 2. The molecular weight excluding hydrogens is 382 g/mol. The van der Waals surface area contributed by atoms with E-state index in [4.69, 9.17) is 9.47 Å². The Hall–Kier alpha value is -3.65. The second-order valence-corrected chi connectivity index (χ2v) is 7.29. The number of carbonyl (C=O) groups excluding carboxylic acids is 1. The van der Waals surface area contributed by atoms with Crippen LogP contribution in [0.2, 0.25) is 0 Å². The van der Waals surface area contributed by atoms with Crippen LogP contribution < -0.4 is 10.1 Å². The number of hydrogen-bond donors (Lipinski definition) is 3. The Morgan fingerprint density at radius 3 is 2.90 bits per heavy atom. The summed E-state index contributed by atoms with van der Waals surface area (Å²) in [5.41, 5.74) is 4.72. The quantitative estimate of drug-likeness (QED) is 0.459. The van der Waals surface area contributed by atoms with Gasteiger partial charge in [-0.25, -0.2) is 4.98 Å². The van der Waals surface area contributed by atoms with E-state index in [1.807, 2.05) is 43.3 Å². The monoisotopic (exact) mass is 403 g/mol. The van der Waals surface area contributed by atoms with Gasteiger partial charge in [-0.15, -0.1) is 0 Å². The fourth-order valence-corrected chi connectivity index (χ4v) is 3.38. The van der Waals surface area contributed by atoms with Crippen LogP contribution in [0, 0.1) is 6.92 Å². The van der Waals surface area contributed by atoms with E-state index in [2.05, 4.69) is 25.5 Å². The Labute approximate surface area is 172 Å². The molecule has 4 aromatic rings. The lowest BCUT2D eigenvalue weighted by Gasteiger charge is -2.27. The van der Waals surface area contributed by atoms with E-state index in [9.17, 15) is 4.79 Å². The number of nitrogens with one attached hydrogen (secondary N) is 3. The average Bonchev–Trinajstić information content (AvgIpc) is 3.35. The molecule has 1 saturated heterocycles. The molecule has 0 unspecified atom stereocenters. The summed E-state index contributed by atoms with van der Waals surface area (Å²) < 4.78 is 11.1. The largest absolute Gasteiger partial charge is 0.485 e. The van der Waals surface area contributed by atoms with Crippen LogP contribution in [0.25, 0.3) is 22.3 Å². The van der Waals surface area contributed by atoms with Gasteiger partial charge in [-0.3, -0.25) is 9.89 Å². The Morgan fingerprint density at radius 2 is 2.13 bits per heavy atom. The van der Waals surface area contributed by atoms with Crippen molar-refractivity contribution in [1.82, 2.24) is 25.5 Å². The van der Waals surface area contributed by atoms with E-state index in [0.717, 1.165) is 33.7 Å². The van der Waals surface area contributed by atoms with Gasteiger partial charge in [0.2, 0.25) is 0 Å². The van der Waals surface area contributed by atoms with E-state index < -0.39 is 0 Å². The molecule has 0 atom stereocenters. The van der Waals surface area contributed by atoms with Crippen LogP contribution in [-0.4, -0.2) is 45.4 Å². The summed E-state index contributed by atoms with van der Waals surface area (Å²) in [6.07, 6.45) is 1.82. The predicted molar refractivity (Wildman–Crippen MR) is 111 cm³/mol. The highest BCUT2D eigenvalue weighted by Crippen LogP contribution is 2.24. The molecular formula is C22H21N5O3. The number of ether oxygens (including phenoxy) is 2. The smallest absolute Gasteiger partial charge is 0.268 e. The molecule has 30 heavy (non-hydrogen) atoms. The zero-order valence-electron chi connectivity index (χ0n) is 16.4. The van der Waals surface area contributed by atoms with Gasteiger partial charge in [-0.1, -0.05) is 18.2 Å². The maximum atomic E-state index is 12.7. The third kappa shape index (κ3) is 3.53. The van der Waals surface area contributed by atoms with Crippen molar-refractivity contribution in [2.45, 2.75) is 19.6 Å². The van der Waals surface area contributed by atoms with Crippen LogP contribution >= 0.6 is 0 Å². The predicted octanol–water partition coefficient (Wildman–Crippen LogP) is 2.97. The van der Waals surface area contributed by atoms with Gasteiger partial charge in [0.25, 0.3) is 5.91 Å². The minimum absolute atomic E-state index is 0.0784. The van der Waals surface area contributed by atoms with Crippen LogP contribution in [0.15, 0.2) is 48.7 Å². The van der Waals surface area contributed by atoms with Crippen molar-refractivity contribution in [2.24, 2.45) is 0 Å². The summed E-state index contributed by atoms with van der Waals surface area (Å²) in [6.45, 7) is 3.51. The lowest BCUT2D eigenvalue weighted by Crippen LogP contribution is -2.38. The first-order chi connectivity index (χ1) is 14.7. The van der Waals surface area contributed by atoms with Gasteiger partial charge in [0.15, 0.2) is 0 Å². The fourth-order valence-electron chi connectivity index (χ4n) is 3.38. The zero-order valence-corrected chi connectivity index (χ0v) is 16.4. The molecule has 8 heteroatoms. The molecule has 5 rings (SSSR count). The van der Waals surface area contributed by atoms with E-state index in [1.54, 1.807) is 12.3 Å². The number of aromatic amines is 2. The standard InChI is InChI=1S/C22H21N5O3/c1-13-17(10-24-27-13)18-7-6-14-8-19(26-21(14)25-18)22(28)23-9-15-4-2-3-5-20(15)30-16-11-29-12-16/h2-8,10,16H,9,11-12H2,1H3,(H,23,28)(H,24,27)(H,25,26). The molecule has 1 aromatic carbocycles. The van der Waals surface area contributed by atoms with Crippen molar-refractivity contribution < 1.29 is 14.3 Å². The van der Waals surface area contributed by atoms with Crippen molar-refractivity contribution in [3.05, 3.63) is 65.6 Å². The third-order valence-corrected chi connectivity index (χ3v) is 5.14. The number of pyridine rings is 1. The second-order valence-electron chi connectivity index (χ2n) is 7.29. The number of hydrogen-bond acceptors (Lipinski definition) is 5. The Bertz CT molecular complexity index is 1210. The number of H-pyrrole nitrogens is 2. The third-order valence-electron chi connectivity index (χ3n) is 5.14. The Kier molecular flexibility index (Phi) is 4.68. The van der Waals surface area contributed by atoms with Crippen molar-refractivity contribution in [3.63, 3.8) is 0 Å². The van der Waals surface area contributed by atoms with Gasteiger partial charge in [0.1, 0.15) is 23.2 Å². The van der Waals surface area contributed by atoms with E-state index in [1.165, 1.54) is 0 Å². The first-order valence-electron chi connectivity index (χ1n) is 9.78. The van der Waals surface area contributed by atoms with Crippen LogP contribution in [0.5, 0.6) is 5.75 Å². The number of fused-ring (bicyclic) bond motifs is 1. The molecule has 3 N–H and O–H groups in total. The lowest BCUT2D eigenvalue weighted by atomic mass is 10.1. The zero-order chi connectivity index (χ0) is 20.5. The lowest BCUT2D eigenvalue weighted by molar-refractivity contribution is -0.0800. The normalized spacial score (nSPS) is 13.9. The van der Waals surface area contributed by atoms with E-state index in [0.29, 0.717) is 31.1 Å². The van der Waals surface area contributed by atoms with Gasteiger partial charge in [0, 0.05) is 28.8 Å². The minimum atomic E-state index is -0.198. The molecule has 0 aliphatic carbocycles. The van der Waals surface area contributed by atoms with Crippen molar-refractivity contribution in [1.29, 1.82) is 0 Å². The molecule has 1 aliphatic rings. The SMILES string of the molecule is Cc1[nH]ncc1-c1ccc2cc(C(=O)NCc3ccccc3OC3COC3)[nH]c2n1. The van der Waals surface area contributed by atoms with Crippen LogP contribution in [0.1, 0.15) is 21.7 Å².